The van der Waals surface area contributed by atoms with Crippen molar-refractivity contribution in [2.24, 2.45) is 0 Å². The van der Waals surface area contributed by atoms with E-state index in [0.717, 1.165) is 11.4 Å². The molecule has 29 heavy (non-hydrogen) atoms. The standard InChI is InChI=1S/C18H20N2O2.ClHO4.Cr.O/c1-13(15-7-3-5-9-17(15)21)19-11-12-20-14(2)16-8-4-6-10-18(16)22;2-1(3,4)5;;/h3-10,19-20H,11-12H2,1-2H3;(H,2,3,4,5);;/p-1/b15-13-,16-14-;;;. The number of hydrogen-bond acceptors (Lipinski definition) is 9. The van der Waals surface area contributed by atoms with Gasteiger partial charge in [-0.2, -0.15) is 0 Å². The van der Waals surface area contributed by atoms with Crippen LogP contribution in [0.4, 0.5) is 0 Å². The van der Waals surface area contributed by atoms with Crippen LogP contribution in [0.3, 0.4) is 0 Å². The van der Waals surface area contributed by atoms with Gasteiger partial charge in [0.25, 0.3) is 0 Å². The Morgan fingerprint density at radius 2 is 1.03 bits per heavy atom. The van der Waals surface area contributed by atoms with Crippen molar-refractivity contribution in [1.29, 1.82) is 0 Å². The van der Waals surface area contributed by atoms with E-state index in [9.17, 15) is 9.59 Å². The average molecular weight is 464 g/mol. The minimum atomic E-state index is -4.94. The van der Waals surface area contributed by atoms with Crippen LogP contribution in [0.15, 0.2) is 71.1 Å². The minimum absolute atomic E-state index is 0.0171. The molecule has 0 saturated heterocycles. The van der Waals surface area contributed by atoms with Crippen molar-refractivity contribution in [1.82, 2.24) is 10.6 Å². The summed E-state index contributed by atoms with van der Waals surface area (Å²) in [6, 6.07) is 0. The molecule has 158 valence electrons. The molecule has 0 fully saturated rings. The van der Waals surface area contributed by atoms with Gasteiger partial charge in [-0.05, 0) is 38.2 Å². The fourth-order valence-corrected chi connectivity index (χ4v) is 2.24. The fraction of sp³-hybridized carbons (Fsp3) is 0.222. The number of carbonyl (C=O) groups is 2. The van der Waals surface area contributed by atoms with Crippen molar-refractivity contribution in [3.63, 3.8) is 0 Å². The van der Waals surface area contributed by atoms with Crippen LogP contribution in [0.25, 0.3) is 0 Å². The summed E-state index contributed by atoms with van der Waals surface area (Å²) < 4.78 is 42.1. The Bertz CT molecular complexity index is 714. The molecule has 0 amide bonds. The Morgan fingerprint density at radius 1 is 0.759 bits per heavy atom. The van der Waals surface area contributed by atoms with Crippen LogP contribution in [0, 0.1) is 10.2 Å². The number of nitrogens with one attached hydrogen (secondary N) is 2. The van der Waals surface area contributed by atoms with Crippen molar-refractivity contribution in [3.05, 3.63) is 71.1 Å². The van der Waals surface area contributed by atoms with Gasteiger partial charge in [0, 0.05) is 35.6 Å². The molecule has 2 aliphatic rings. The molecular formula is C18H20ClCrN2O7-. The molecule has 0 aliphatic heterocycles. The first-order valence-electron chi connectivity index (χ1n) is 8.05. The van der Waals surface area contributed by atoms with Crippen molar-refractivity contribution < 1.29 is 58.5 Å². The second kappa shape index (κ2) is 13.9. The van der Waals surface area contributed by atoms with Gasteiger partial charge in [0.2, 0.25) is 0 Å². The zero-order valence-electron chi connectivity index (χ0n) is 15.7. The molecule has 0 aromatic heterocycles. The molecule has 2 rings (SSSR count). The van der Waals surface area contributed by atoms with Gasteiger partial charge in [0.1, 0.15) is 0 Å². The number of rotatable bonds is 5. The first-order chi connectivity index (χ1) is 13.6. The zero-order valence-corrected chi connectivity index (χ0v) is 17.7. The number of hydrogen-bond donors (Lipinski definition) is 2. The Balaban J connectivity index is 0.000000977. The van der Waals surface area contributed by atoms with E-state index in [2.05, 4.69) is 10.6 Å². The molecule has 0 unspecified atom stereocenters. The fourth-order valence-electron chi connectivity index (χ4n) is 2.24. The SMILES string of the molecule is C/C(NCCN/C(C)=C1/C=CC=CC1=O)=C1\C=CC=CC1=O.[O-][Cl+3]([O-])([O-])[O-].[O]=[Cr]. The van der Waals surface area contributed by atoms with Gasteiger partial charge in [-0.15, -0.1) is 10.2 Å². The van der Waals surface area contributed by atoms with Gasteiger partial charge in [-0.25, -0.2) is 18.6 Å². The van der Waals surface area contributed by atoms with E-state index < -0.39 is 10.2 Å². The third-order valence-electron chi connectivity index (χ3n) is 3.49. The van der Waals surface area contributed by atoms with Crippen LogP contribution < -0.4 is 29.3 Å². The average Bonchev–Trinajstić information content (AvgIpc) is 2.66. The Hall–Kier alpha value is -2.16. The second-order valence-corrected chi connectivity index (χ2v) is 6.23. The molecule has 0 aromatic carbocycles. The molecule has 2 aliphatic carbocycles. The molecule has 0 spiro atoms. The van der Waals surface area contributed by atoms with E-state index in [1.807, 2.05) is 38.2 Å². The monoisotopic (exact) mass is 463 g/mol. The third-order valence-corrected chi connectivity index (χ3v) is 3.49. The summed E-state index contributed by atoms with van der Waals surface area (Å²) in [5.41, 5.74) is 3.09. The van der Waals surface area contributed by atoms with Crippen LogP contribution in [0.1, 0.15) is 13.8 Å². The predicted molar refractivity (Wildman–Crippen MR) is 88.7 cm³/mol. The molecule has 0 atom stereocenters. The van der Waals surface area contributed by atoms with Crippen molar-refractivity contribution >= 4 is 11.6 Å². The molecule has 2 N–H and O–H groups in total. The summed E-state index contributed by atoms with van der Waals surface area (Å²) in [5.74, 6) is 0.0342. The Kier molecular flexibility index (Phi) is 12.9. The summed E-state index contributed by atoms with van der Waals surface area (Å²) in [6.07, 6.45) is 13.9. The summed E-state index contributed by atoms with van der Waals surface area (Å²) in [5, 5.41) is 6.45. The maximum absolute atomic E-state index is 11.7. The quantitative estimate of drug-likeness (QED) is 0.324. The molecule has 0 bridgehead atoms. The van der Waals surface area contributed by atoms with Crippen LogP contribution in [-0.2, 0) is 29.6 Å². The van der Waals surface area contributed by atoms with E-state index in [1.165, 1.54) is 16.2 Å². The normalized spacial score (nSPS) is 18.3. The number of allylic oxidation sites excluding steroid dienone is 12. The molecular weight excluding hydrogens is 444 g/mol. The van der Waals surface area contributed by atoms with E-state index >= 15 is 0 Å². The third kappa shape index (κ3) is 12.1. The summed E-state index contributed by atoms with van der Waals surface area (Å²) >= 11 is 1.38. The zero-order chi connectivity index (χ0) is 22.4. The maximum atomic E-state index is 11.7. The van der Waals surface area contributed by atoms with Gasteiger partial charge < -0.3 is 10.6 Å². The Labute approximate surface area is 178 Å². The predicted octanol–water partition coefficient (Wildman–Crippen LogP) is -2.77. The summed E-state index contributed by atoms with van der Waals surface area (Å²) in [6.45, 7) is 5.11. The van der Waals surface area contributed by atoms with E-state index in [0.29, 0.717) is 24.2 Å². The van der Waals surface area contributed by atoms with Crippen LogP contribution in [0.5, 0.6) is 0 Å². The van der Waals surface area contributed by atoms with Crippen molar-refractivity contribution in [3.8, 4) is 0 Å². The van der Waals surface area contributed by atoms with Crippen LogP contribution in [-0.4, -0.2) is 24.7 Å². The molecule has 9 nitrogen and oxygen atoms in total. The topological polar surface area (TPSA) is 168 Å². The van der Waals surface area contributed by atoms with Gasteiger partial charge in [0.15, 0.2) is 11.6 Å². The summed E-state index contributed by atoms with van der Waals surface area (Å²) in [7, 11) is -4.94. The summed E-state index contributed by atoms with van der Waals surface area (Å²) in [4.78, 5) is 23.4. The van der Waals surface area contributed by atoms with Crippen LogP contribution in [0.2, 0.25) is 0 Å². The van der Waals surface area contributed by atoms with E-state index in [1.54, 1.807) is 24.3 Å². The van der Waals surface area contributed by atoms with Crippen molar-refractivity contribution in [2.45, 2.75) is 13.8 Å². The van der Waals surface area contributed by atoms with Gasteiger partial charge in [0.05, 0.1) is 0 Å². The van der Waals surface area contributed by atoms with E-state index in [-0.39, 0.29) is 11.6 Å². The Morgan fingerprint density at radius 3 is 1.31 bits per heavy atom. The first-order valence-corrected chi connectivity index (χ1v) is 9.81. The number of ketones is 2. The molecule has 0 saturated carbocycles. The van der Waals surface area contributed by atoms with Crippen molar-refractivity contribution in [2.75, 3.05) is 13.1 Å². The van der Waals surface area contributed by atoms with E-state index in [4.69, 9.17) is 22.4 Å². The molecule has 0 radical (unpaired) electrons. The molecule has 0 heterocycles. The van der Waals surface area contributed by atoms with Gasteiger partial charge >= 0.3 is 20.0 Å². The first kappa shape index (κ1) is 26.8. The number of carbonyl (C=O) groups excluding carboxylic acids is 2. The van der Waals surface area contributed by atoms with Gasteiger partial charge in [-0.1, -0.05) is 24.3 Å². The molecule has 11 heteroatoms. The second-order valence-electron chi connectivity index (χ2n) is 5.47. The number of halogens is 1. The van der Waals surface area contributed by atoms with Crippen LogP contribution >= 0.6 is 0 Å². The molecule has 0 aromatic rings. The van der Waals surface area contributed by atoms with Gasteiger partial charge in [-0.3, -0.25) is 9.59 Å².